The van der Waals surface area contributed by atoms with Gasteiger partial charge in [-0.25, -0.2) is 20.2 Å². The summed E-state index contributed by atoms with van der Waals surface area (Å²) in [5.74, 6) is 6.04. The normalized spacial score (nSPS) is 10.5. The molecule has 0 aliphatic carbocycles. The average Bonchev–Trinajstić information content (AvgIpc) is 2.37. The molecule has 0 spiro atoms. The number of nitrogens with two attached hydrogens (primary N) is 1. The molecule has 100 valence electrons. The number of hydrazine groups is 1. The van der Waals surface area contributed by atoms with Crippen molar-refractivity contribution >= 4 is 21.7 Å². The number of hydrogen-bond donors (Lipinski definition) is 2. The summed E-state index contributed by atoms with van der Waals surface area (Å²) >= 11 is 3.26. The first kappa shape index (κ1) is 13.9. The molecule has 1 heterocycles. The Kier molecular flexibility index (Phi) is 4.44. The van der Waals surface area contributed by atoms with Crippen molar-refractivity contribution in [1.82, 2.24) is 9.97 Å². The number of aryl methyl sites for hydroxylation is 1. The Bertz CT molecular complexity index is 569. The lowest BCUT2D eigenvalue weighted by molar-refractivity contribution is 0.627. The zero-order chi connectivity index (χ0) is 13.8. The van der Waals surface area contributed by atoms with E-state index < -0.39 is 0 Å². The van der Waals surface area contributed by atoms with Crippen LogP contribution in [-0.4, -0.2) is 9.97 Å². The molecule has 0 bridgehead atoms. The highest BCUT2D eigenvalue weighted by Gasteiger charge is 2.08. The molecule has 0 atom stereocenters. The van der Waals surface area contributed by atoms with E-state index >= 15 is 0 Å². The summed E-state index contributed by atoms with van der Waals surface area (Å²) in [5.41, 5.74) is 4.00. The maximum Gasteiger partial charge on any atom is 0.161 e. The number of aromatic nitrogens is 2. The Balaban J connectivity index is 2.50. The molecule has 1 aromatic heterocycles. The van der Waals surface area contributed by atoms with Gasteiger partial charge in [-0.1, -0.05) is 29.3 Å². The predicted molar refractivity (Wildman–Crippen MR) is 76.9 cm³/mol. The van der Waals surface area contributed by atoms with Crippen molar-refractivity contribution in [3.05, 3.63) is 40.2 Å². The third kappa shape index (κ3) is 3.48. The van der Waals surface area contributed by atoms with E-state index in [1.54, 1.807) is 12.1 Å². The molecule has 0 radical (unpaired) electrons. The van der Waals surface area contributed by atoms with Gasteiger partial charge in [0.25, 0.3) is 0 Å². The van der Waals surface area contributed by atoms with Crippen molar-refractivity contribution in [2.45, 2.75) is 19.8 Å². The highest BCUT2D eigenvalue weighted by molar-refractivity contribution is 9.10. The lowest BCUT2D eigenvalue weighted by atomic mass is 10.2. The van der Waals surface area contributed by atoms with Crippen molar-refractivity contribution in [2.75, 3.05) is 5.43 Å². The fraction of sp³-hybridized carbons (Fsp3) is 0.231. The fourth-order valence-electron chi connectivity index (χ4n) is 1.77. The lowest BCUT2D eigenvalue weighted by Crippen LogP contribution is -2.10. The topological polar surface area (TPSA) is 63.8 Å². The molecule has 2 aromatic rings. The average molecular weight is 325 g/mol. The van der Waals surface area contributed by atoms with E-state index in [-0.39, 0.29) is 5.82 Å². The van der Waals surface area contributed by atoms with E-state index in [1.165, 1.54) is 12.1 Å². The molecule has 0 saturated heterocycles. The summed E-state index contributed by atoms with van der Waals surface area (Å²) in [6.45, 7) is 2.07. The van der Waals surface area contributed by atoms with Crippen molar-refractivity contribution in [1.29, 1.82) is 0 Å². The van der Waals surface area contributed by atoms with Crippen LogP contribution < -0.4 is 11.3 Å². The Morgan fingerprint density at radius 2 is 2.05 bits per heavy atom. The zero-order valence-electron chi connectivity index (χ0n) is 10.5. The van der Waals surface area contributed by atoms with Crippen LogP contribution >= 0.6 is 15.9 Å². The summed E-state index contributed by atoms with van der Waals surface area (Å²) in [5, 5.41) is 0. The molecule has 0 saturated carbocycles. The number of halogens is 2. The van der Waals surface area contributed by atoms with Gasteiger partial charge in [0.2, 0.25) is 0 Å². The van der Waals surface area contributed by atoms with Crippen LogP contribution in [-0.2, 0) is 6.42 Å². The van der Waals surface area contributed by atoms with Gasteiger partial charge in [-0.2, -0.15) is 0 Å². The highest BCUT2D eigenvalue weighted by atomic mass is 79.9. The summed E-state index contributed by atoms with van der Waals surface area (Å²) in [6.07, 6.45) is 1.79. The second-order valence-corrected chi connectivity index (χ2v) is 5.04. The second-order valence-electron chi connectivity index (χ2n) is 4.12. The van der Waals surface area contributed by atoms with Crippen LogP contribution in [0, 0.1) is 5.82 Å². The van der Waals surface area contributed by atoms with E-state index in [1.807, 2.05) is 0 Å². The molecule has 0 aliphatic heterocycles. The van der Waals surface area contributed by atoms with Gasteiger partial charge >= 0.3 is 0 Å². The van der Waals surface area contributed by atoms with E-state index in [0.29, 0.717) is 21.7 Å². The largest absolute Gasteiger partial charge is 0.308 e. The predicted octanol–water partition coefficient (Wildman–Crippen LogP) is 3.28. The van der Waals surface area contributed by atoms with Gasteiger partial charge in [0.15, 0.2) is 5.82 Å². The summed E-state index contributed by atoms with van der Waals surface area (Å²) in [7, 11) is 0. The minimum atomic E-state index is -0.337. The minimum Gasteiger partial charge on any atom is -0.308 e. The number of anilines is 1. The molecule has 4 nitrogen and oxygen atoms in total. The fourth-order valence-corrected chi connectivity index (χ4v) is 2.23. The van der Waals surface area contributed by atoms with Crippen LogP contribution in [0.15, 0.2) is 28.7 Å². The number of nitrogens with zero attached hydrogens (tertiary/aromatic N) is 2. The van der Waals surface area contributed by atoms with Crippen LogP contribution in [0.2, 0.25) is 0 Å². The monoisotopic (exact) mass is 324 g/mol. The van der Waals surface area contributed by atoms with Crippen LogP contribution in [0.25, 0.3) is 11.4 Å². The number of hydrogen-bond acceptors (Lipinski definition) is 4. The highest BCUT2D eigenvalue weighted by Crippen LogP contribution is 2.23. The van der Waals surface area contributed by atoms with E-state index in [0.717, 1.165) is 18.5 Å². The van der Waals surface area contributed by atoms with Gasteiger partial charge in [0.1, 0.15) is 11.6 Å². The molecule has 0 unspecified atom stereocenters. The van der Waals surface area contributed by atoms with E-state index in [4.69, 9.17) is 5.84 Å². The maximum absolute atomic E-state index is 13.4. The van der Waals surface area contributed by atoms with Gasteiger partial charge in [-0.05, 0) is 24.6 Å². The first-order valence-corrected chi connectivity index (χ1v) is 6.72. The molecule has 0 aliphatic rings. The zero-order valence-corrected chi connectivity index (χ0v) is 12.0. The SMILES string of the molecule is CCCc1cc(NN)nc(-c2cc(F)cc(Br)c2)n1. The Morgan fingerprint density at radius 3 is 2.68 bits per heavy atom. The van der Waals surface area contributed by atoms with Crippen LogP contribution in [0.4, 0.5) is 10.2 Å². The van der Waals surface area contributed by atoms with Gasteiger partial charge in [0.05, 0.1) is 0 Å². The quantitative estimate of drug-likeness (QED) is 0.669. The van der Waals surface area contributed by atoms with E-state index in [9.17, 15) is 4.39 Å². The van der Waals surface area contributed by atoms with E-state index in [2.05, 4.69) is 38.2 Å². The molecule has 3 N–H and O–H groups in total. The number of nitrogens with one attached hydrogen (secondary N) is 1. The first-order chi connectivity index (χ1) is 9.12. The molecular weight excluding hydrogens is 311 g/mol. The number of rotatable bonds is 4. The smallest absolute Gasteiger partial charge is 0.161 e. The summed E-state index contributed by atoms with van der Waals surface area (Å²) < 4.78 is 14.1. The van der Waals surface area contributed by atoms with Crippen LogP contribution in [0.3, 0.4) is 0 Å². The summed E-state index contributed by atoms with van der Waals surface area (Å²) in [6, 6.07) is 6.35. The third-order valence-electron chi connectivity index (χ3n) is 2.55. The first-order valence-electron chi connectivity index (χ1n) is 5.93. The molecule has 19 heavy (non-hydrogen) atoms. The van der Waals surface area contributed by atoms with Crippen molar-refractivity contribution in [3.8, 4) is 11.4 Å². The Labute approximate surface area is 119 Å². The minimum absolute atomic E-state index is 0.337. The van der Waals surface area contributed by atoms with Crippen LogP contribution in [0.1, 0.15) is 19.0 Å². The van der Waals surface area contributed by atoms with Crippen molar-refractivity contribution in [3.63, 3.8) is 0 Å². The maximum atomic E-state index is 13.4. The molecule has 1 aromatic carbocycles. The molecule has 6 heteroatoms. The van der Waals surface area contributed by atoms with Gasteiger partial charge in [-0.3, -0.25) is 0 Å². The van der Waals surface area contributed by atoms with Crippen LogP contribution in [0.5, 0.6) is 0 Å². The number of benzene rings is 1. The standard InChI is InChI=1S/C13H14BrFN4/c1-2-3-11-7-12(19-16)18-13(17-11)8-4-9(14)6-10(15)5-8/h4-7H,2-3,16H2,1H3,(H,17,18,19). The molecule has 0 amide bonds. The molecule has 0 fully saturated rings. The third-order valence-corrected chi connectivity index (χ3v) is 3.01. The van der Waals surface area contributed by atoms with Crippen molar-refractivity contribution < 1.29 is 4.39 Å². The lowest BCUT2D eigenvalue weighted by Gasteiger charge is -2.08. The Hall–Kier alpha value is -1.53. The van der Waals surface area contributed by atoms with Crippen molar-refractivity contribution in [2.24, 2.45) is 5.84 Å². The van der Waals surface area contributed by atoms with Gasteiger partial charge in [0, 0.05) is 21.8 Å². The number of nitrogen functional groups attached to an aromatic ring is 1. The second kappa shape index (κ2) is 6.08. The Morgan fingerprint density at radius 1 is 1.26 bits per heavy atom. The summed E-state index contributed by atoms with van der Waals surface area (Å²) in [4.78, 5) is 8.68. The van der Waals surface area contributed by atoms with Gasteiger partial charge in [-0.15, -0.1) is 0 Å². The molecule has 2 rings (SSSR count). The van der Waals surface area contributed by atoms with Gasteiger partial charge < -0.3 is 5.43 Å². The molecular formula is C13H14BrFN4.